The Bertz CT molecular complexity index is 471. The summed E-state index contributed by atoms with van der Waals surface area (Å²) in [6, 6.07) is 7.88. The average Bonchev–Trinajstić information content (AvgIpc) is 2.61. The zero-order valence-corrected chi connectivity index (χ0v) is 12.3. The van der Waals surface area contributed by atoms with Gasteiger partial charge in [-0.15, -0.1) is 0 Å². The third-order valence-corrected chi connectivity index (χ3v) is 3.78. The molecule has 0 aliphatic carbocycles. The van der Waals surface area contributed by atoms with Crippen molar-refractivity contribution in [3.05, 3.63) is 29.8 Å². The molecule has 2 atom stereocenters. The summed E-state index contributed by atoms with van der Waals surface area (Å²) >= 11 is 0. The lowest BCUT2D eigenvalue weighted by Crippen LogP contribution is -2.52. The Morgan fingerprint density at radius 1 is 1.50 bits per heavy atom. The van der Waals surface area contributed by atoms with Crippen molar-refractivity contribution >= 4 is 5.91 Å². The highest BCUT2D eigenvalue weighted by molar-refractivity contribution is 5.86. The van der Waals surface area contributed by atoms with Crippen LogP contribution in [0.25, 0.3) is 0 Å². The Labute approximate surface area is 120 Å². The number of hydrogen-bond acceptors (Lipinski definition) is 3. The molecule has 0 saturated heterocycles. The lowest BCUT2D eigenvalue weighted by Gasteiger charge is -2.27. The Morgan fingerprint density at radius 3 is 3.00 bits per heavy atom. The number of rotatable bonds is 4. The maximum Gasteiger partial charge on any atom is 0.240 e. The number of carbonyl (C=O) groups is 1. The largest absolute Gasteiger partial charge is 0.493 e. The lowest BCUT2D eigenvalue weighted by molar-refractivity contribution is -0.126. The fraction of sp³-hybridized carbons (Fsp3) is 0.562. The van der Waals surface area contributed by atoms with E-state index in [4.69, 9.17) is 10.5 Å². The van der Waals surface area contributed by atoms with Crippen LogP contribution in [-0.2, 0) is 4.79 Å². The van der Waals surface area contributed by atoms with Crippen LogP contribution in [0.4, 0.5) is 0 Å². The first-order chi connectivity index (χ1) is 9.54. The van der Waals surface area contributed by atoms with E-state index >= 15 is 0 Å². The molecule has 0 fully saturated rings. The van der Waals surface area contributed by atoms with Gasteiger partial charge in [-0.2, -0.15) is 0 Å². The van der Waals surface area contributed by atoms with Gasteiger partial charge in [0.25, 0.3) is 0 Å². The van der Waals surface area contributed by atoms with E-state index in [1.165, 1.54) is 0 Å². The summed E-state index contributed by atoms with van der Waals surface area (Å²) in [6.45, 7) is 4.52. The van der Waals surface area contributed by atoms with Crippen LogP contribution in [0.5, 0.6) is 5.75 Å². The van der Waals surface area contributed by atoms with E-state index in [9.17, 15) is 4.79 Å². The number of ether oxygens (including phenoxy) is 1. The highest BCUT2D eigenvalue weighted by atomic mass is 16.5. The fourth-order valence-electron chi connectivity index (χ4n) is 2.63. The van der Waals surface area contributed by atoms with Gasteiger partial charge in [0.1, 0.15) is 5.75 Å². The maximum atomic E-state index is 12.4. The van der Waals surface area contributed by atoms with Gasteiger partial charge in [0.2, 0.25) is 5.91 Å². The summed E-state index contributed by atoms with van der Waals surface area (Å²) in [6.07, 6.45) is 3.38. The monoisotopic (exact) mass is 276 g/mol. The molecule has 1 aromatic carbocycles. The Balaban J connectivity index is 2.15. The molecule has 0 aromatic heterocycles. The second kappa shape index (κ2) is 6.27. The number of hydrogen-bond donors (Lipinski definition) is 2. The quantitative estimate of drug-likeness (QED) is 0.888. The van der Waals surface area contributed by atoms with Gasteiger partial charge in [-0.25, -0.2) is 0 Å². The number of nitrogens with two attached hydrogens (primary N) is 1. The summed E-state index contributed by atoms with van der Waals surface area (Å²) in [5.41, 5.74) is 6.34. The predicted molar refractivity (Wildman–Crippen MR) is 79.6 cm³/mol. The third kappa shape index (κ3) is 3.31. The van der Waals surface area contributed by atoms with Crippen molar-refractivity contribution in [1.82, 2.24) is 5.32 Å². The molecule has 20 heavy (non-hydrogen) atoms. The zero-order chi connectivity index (χ0) is 14.6. The van der Waals surface area contributed by atoms with Gasteiger partial charge in [-0.3, -0.25) is 4.79 Å². The third-order valence-electron chi connectivity index (χ3n) is 3.78. The van der Waals surface area contributed by atoms with Gasteiger partial charge in [-0.1, -0.05) is 31.5 Å². The molecule has 1 aromatic rings. The van der Waals surface area contributed by atoms with Gasteiger partial charge in [0.15, 0.2) is 0 Å². The first-order valence-corrected chi connectivity index (χ1v) is 7.36. The summed E-state index contributed by atoms with van der Waals surface area (Å²) in [4.78, 5) is 12.4. The first kappa shape index (κ1) is 14.9. The fourth-order valence-corrected chi connectivity index (χ4v) is 2.63. The summed E-state index contributed by atoms with van der Waals surface area (Å²) in [5, 5.41) is 3.10. The van der Waals surface area contributed by atoms with Gasteiger partial charge >= 0.3 is 0 Å². The summed E-state index contributed by atoms with van der Waals surface area (Å²) in [7, 11) is 0. The second-order valence-electron chi connectivity index (χ2n) is 5.72. The number of nitrogens with one attached hydrogen (secondary N) is 1. The van der Waals surface area contributed by atoms with Crippen molar-refractivity contribution < 1.29 is 9.53 Å². The average molecular weight is 276 g/mol. The number of fused-ring (bicyclic) bond motifs is 1. The standard InChI is InChI=1S/C16H24N2O2/c1-3-10-16(2,17)15(19)18-13-8-6-11-20-14-9-5-4-7-12(13)14/h4-5,7,9,13H,3,6,8,10-11,17H2,1-2H3,(H,18,19). The molecule has 0 radical (unpaired) electrons. The summed E-state index contributed by atoms with van der Waals surface area (Å²) in [5.74, 6) is 0.783. The number of para-hydroxylation sites is 1. The van der Waals surface area contributed by atoms with Crippen molar-refractivity contribution in [1.29, 1.82) is 0 Å². The smallest absolute Gasteiger partial charge is 0.240 e. The van der Waals surface area contributed by atoms with Crippen LogP contribution in [0.15, 0.2) is 24.3 Å². The number of benzene rings is 1. The van der Waals surface area contributed by atoms with Crippen LogP contribution in [0.1, 0.15) is 51.1 Å². The number of amides is 1. The van der Waals surface area contributed by atoms with E-state index in [2.05, 4.69) is 5.32 Å². The molecule has 3 N–H and O–H groups in total. The molecule has 1 heterocycles. The van der Waals surface area contributed by atoms with E-state index in [0.717, 1.165) is 30.6 Å². The van der Waals surface area contributed by atoms with Crippen molar-refractivity contribution in [2.24, 2.45) is 5.73 Å². The van der Waals surface area contributed by atoms with Gasteiger partial charge in [0, 0.05) is 5.56 Å². The number of carbonyl (C=O) groups excluding carboxylic acids is 1. The molecule has 2 rings (SSSR count). The normalized spacial score (nSPS) is 21.1. The van der Waals surface area contributed by atoms with Crippen molar-refractivity contribution in [3.63, 3.8) is 0 Å². The van der Waals surface area contributed by atoms with Crippen LogP contribution in [0.2, 0.25) is 0 Å². The molecule has 2 unspecified atom stereocenters. The Hall–Kier alpha value is -1.55. The Morgan fingerprint density at radius 2 is 2.25 bits per heavy atom. The van der Waals surface area contributed by atoms with Crippen molar-refractivity contribution in [2.45, 2.75) is 51.1 Å². The van der Waals surface area contributed by atoms with Gasteiger partial charge < -0.3 is 15.8 Å². The van der Waals surface area contributed by atoms with Gasteiger partial charge in [-0.05, 0) is 32.3 Å². The maximum absolute atomic E-state index is 12.4. The molecule has 4 nitrogen and oxygen atoms in total. The van der Waals surface area contributed by atoms with Crippen LogP contribution < -0.4 is 15.8 Å². The molecule has 0 bridgehead atoms. The van der Waals surface area contributed by atoms with E-state index < -0.39 is 5.54 Å². The molecule has 0 saturated carbocycles. The second-order valence-corrected chi connectivity index (χ2v) is 5.72. The van der Waals surface area contributed by atoms with E-state index in [1.54, 1.807) is 6.92 Å². The van der Waals surface area contributed by atoms with E-state index in [0.29, 0.717) is 13.0 Å². The van der Waals surface area contributed by atoms with Crippen LogP contribution in [0.3, 0.4) is 0 Å². The molecule has 110 valence electrons. The zero-order valence-electron chi connectivity index (χ0n) is 12.3. The first-order valence-electron chi connectivity index (χ1n) is 7.36. The highest BCUT2D eigenvalue weighted by Crippen LogP contribution is 2.31. The molecule has 1 aliphatic rings. The van der Waals surface area contributed by atoms with Crippen molar-refractivity contribution in [2.75, 3.05) is 6.61 Å². The molecular weight excluding hydrogens is 252 g/mol. The van der Waals surface area contributed by atoms with E-state index in [1.807, 2.05) is 31.2 Å². The minimum absolute atomic E-state index is 0.0130. The van der Waals surface area contributed by atoms with Crippen LogP contribution in [-0.4, -0.2) is 18.1 Å². The minimum atomic E-state index is -0.809. The molecule has 1 aliphatic heterocycles. The van der Waals surface area contributed by atoms with Crippen LogP contribution >= 0.6 is 0 Å². The molecule has 4 heteroatoms. The van der Waals surface area contributed by atoms with Gasteiger partial charge in [0.05, 0.1) is 18.2 Å². The molecule has 1 amide bonds. The lowest BCUT2D eigenvalue weighted by atomic mass is 9.94. The topological polar surface area (TPSA) is 64.4 Å². The minimum Gasteiger partial charge on any atom is -0.493 e. The predicted octanol–water partition coefficient (Wildman–Crippen LogP) is 2.53. The molecular formula is C16H24N2O2. The SMILES string of the molecule is CCCC(C)(N)C(=O)NC1CCCOc2ccccc21. The highest BCUT2D eigenvalue weighted by Gasteiger charge is 2.30. The van der Waals surface area contributed by atoms with E-state index in [-0.39, 0.29) is 11.9 Å². The van der Waals surface area contributed by atoms with Crippen LogP contribution in [0, 0.1) is 0 Å². The van der Waals surface area contributed by atoms with Crippen molar-refractivity contribution in [3.8, 4) is 5.75 Å². The summed E-state index contributed by atoms with van der Waals surface area (Å²) < 4.78 is 5.71. The Kier molecular flexibility index (Phi) is 4.65. The molecule has 0 spiro atoms.